The molecule has 0 fully saturated rings. The maximum Gasteiger partial charge on any atom is 0.273 e. The zero-order valence-electron chi connectivity index (χ0n) is 12.8. The number of aryl methyl sites for hydroxylation is 1. The highest BCUT2D eigenvalue weighted by atomic mass is 32.1. The molecule has 2 aromatic rings. The van der Waals surface area contributed by atoms with Gasteiger partial charge in [-0.1, -0.05) is 13.0 Å². The van der Waals surface area contributed by atoms with Gasteiger partial charge in [-0.15, -0.1) is 11.3 Å². The molecule has 1 aliphatic rings. The van der Waals surface area contributed by atoms with E-state index in [9.17, 15) is 9.18 Å². The molecule has 0 spiro atoms. The standard InChI is InChI=1S/C17H19FN2OS/c1-3-4-16-19-15(10-22-16)17(21)20-8-7-12-5-6-13(18)9-14(12)11(20)2/h5-6,9-11H,3-4,7-8H2,1-2H3/t11-/m0/s1. The Morgan fingerprint density at radius 3 is 3.09 bits per heavy atom. The smallest absolute Gasteiger partial charge is 0.273 e. The van der Waals surface area contributed by atoms with Crippen molar-refractivity contribution in [1.82, 2.24) is 9.88 Å². The number of carbonyl (C=O) groups is 1. The van der Waals surface area contributed by atoms with Crippen LogP contribution in [0.5, 0.6) is 0 Å². The lowest BCUT2D eigenvalue weighted by Crippen LogP contribution is -2.39. The molecule has 1 atom stereocenters. The summed E-state index contributed by atoms with van der Waals surface area (Å²) in [7, 11) is 0. The van der Waals surface area contributed by atoms with Crippen LogP contribution in [0.2, 0.25) is 0 Å². The van der Waals surface area contributed by atoms with Crippen LogP contribution in [-0.4, -0.2) is 22.3 Å². The van der Waals surface area contributed by atoms with Crippen molar-refractivity contribution in [3.8, 4) is 0 Å². The van der Waals surface area contributed by atoms with Crippen molar-refractivity contribution in [2.45, 2.75) is 39.2 Å². The van der Waals surface area contributed by atoms with Gasteiger partial charge in [-0.2, -0.15) is 0 Å². The monoisotopic (exact) mass is 318 g/mol. The molecule has 116 valence electrons. The number of hydrogen-bond donors (Lipinski definition) is 0. The Labute approximate surface area is 133 Å². The minimum atomic E-state index is -0.251. The molecule has 3 nitrogen and oxygen atoms in total. The molecule has 5 heteroatoms. The molecular weight excluding hydrogens is 299 g/mol. The number of amides is 1. The van der Waals surface area contributed by atoms with Crippen molar-refractivity contribution < 1.29 is 9.18 Å². The van der Waals surface area contributed by atoms with E-state index in [4.69, 9.17) is 0 Å². The van der Waals surface area contributed by atoms with Gasteiger partial charge in [0.25, 0.3) is 5.91 Å². The van der Waals surface area contributed by atoms with Crippen LogP contribution in [0.1, 0.15) is 52.9 Å². The van der Waals surface area contributed by atoms with E-state index in [-0.39, 0.29) is 17.8 Å². The predicted molar refractivity (Wildman–Crippen MR) is 85.7 cm³/mol. The van der Waals surface area contributed by atoms with Gasteiger partial charge in [0.05, 0.1) is 11.0 Å². The number of fused-ring (bicyclic) bond motifs is 1. The first-order valence-electron chi connectivity index (χ1n) is 7.64. The summed E-state index contributed by atoms with van der Waals surface area (Å²) in [6.45, 7) is 4.70. The summed E-state index contributed by atoms with van der Waals surface area (Å²) >= 11 is 1.54. The number of rotatable bonds is 3. The summed E-state index contributed by atoms with van der Waals surface area (Å²) in [5, 5.41) is 2.84. The number of benzene rings is 1. The van der Waals surface area contributed by atoms with Gasteiger partial charge in [-0.3, -0.25) is 4.79 Å². The summed E-state index contributed by atoms with van der Waals surface area (Å²) in [6.07, 6.45) is 2.69. The Hall–Kier alpha value is -1.75. The second-order valence-corrected chi connectivity index (χ2v) is 6.59. The van der Waals surface area contributed by atoms with Crippen LogP contribution in [0, 0.1) is 5.82 Å². The Bertz CT molecular complexity index is 698. The van der Waals surface area contributed by atoms with Crippen molar-refractivity contribution in [1.29, 1.82) is 0 Å². The summed E-state index contributed by atoms with van der Waals surface area (Å²) in [5.41, 5.74) is 2.55. The Morgan fingerprint density at radius 2 is 2.32 bits per heavy atom. The first-order valence-corrected chi connectivity index (χ1v) is 8.51. The Kier molecular flexibility index (Phi) is 4.25. The lowest BCUT2D eigenvalue weighted by Gasteiger charge is -2.34. The third-order valence-electron chi connectivity index (χ3n) is 4.14. The van der Waals surface area contributed by atoms with Crippen LogP contribution in [0.25, 0.3) is 0 Å². The third-order valence-corrected chi connectivity index (χ3v) is 5.05. The topological polar surface area (TPSA) is 33.2 Å². The minimum Gasteiger partial charge on any atom is -0.330 e. The molecule has 1 amide bonds. The van der Waals surface area contributed by atoms with Crippen LogP contribution in [-0.2, 0) is 12.8 Å². The second kappa shape index (κ2) is 6.16. The van der Waals surface area contributed by atoms with Crippen molar-refractivity contribution >= 4 is 17.2 Å². The number of carbonyl (C=O) groups excluding carboxylic acids is 1. The molecule has 1 aliphatic heterocycles. The van der Waals surface area contributed by atoms with Crippen molar-refractivity contribution in [3.63, 3.8) is 0 Å². The van der Waals surface area contributed by atoms with Gasteiger partial charge in [0.15, 0.2) is 0 Å². The van der Waals surface area contributed by atoms with Crippen LogP contribution < -0.4 is 0 Å². The molecule has 0 bridgehead atoms. The fourth-order valence-electron chi connectivity index (χ4n) is 2.95. The second-order valence-electron chi connectivity index (χ2n) is 5.64. The van der Waals surface area contributed by atoms with Crippen LogP contribution in [0.4, 0.5) is 4.39 Å². The van der Waals surface area contributed by atoms with Gasteiger partial charge >= 0.3 is 0 Å². The normalized spacial score (nSPS) is 17.4. The van der Waals surface area contributed by atoms with E-state index in [2.05, 4.69) is 11.9 Å². The maximum absolute atomic E-state index is 13.5. The third kappa shape index (κ3) is 2.77. The number of nitrogens with zero attached hydrogens (tertiary/aromatic N) is 2. The van der Waals surface area contributed by atoms with Gasteiger partial charge in [0, 0.05) is 11.9 Å². The lowest BCUT2D eigenvalue weighted by atomic mass is 9.93. The zero-order chi connectivity index (χ0) is 15.7. The molecule has 0 unspecified atom stereocenters. The number of halogens is 1. The number of thiazole rings is 1. The molecular formula is C17H19FN2OS. The summed E-state index contributed by atoms with van der Waals surface area (Å²) in [6, 6.07) is 4.73. The highest BCUT2D eigenvalue weighted by molar-refractivity contribution is 7.09. The molecule has 0 saturated carbocycles. The molecule has 0 saturated heterocycles. The van der Waals surface area contributed by atoms with Gasteiger partial charge in [0.1, 0.15) is 11.5 Å². The maximum atomic E-state index is 13.5. The van der Waals surface area contributed by atoms with Crippen LogP contribution in [0.3, 0.4) is 0 Å². The Morgan fingerprint density at radius 1 is 1.50 bits per heavy atom. The fourth-order valence-corrected chi connectivity index (χ4v) is 3.82. The van der Waals surface area contributed by atoms with Crippen LogP contribution >= 0.6 is 11.3 Å². The minimum absolute atomic E-state index is 0.0546. The van der Waals surface area contributed by atoms with E-state index in [1.54, 1.807) is 11.0 Å². The van der Waals surface area contributed by atoms with Gasteiger partial charge in [-0.05, 0) is 49.4 Å². The van der Waals surface area contributed by atoms with E-state index in [0.717, 1.165) is 35.4 Å². The van der Waals surface area contributed by atoms with E-state index in [0.29, 0.717) is 12.2 Å². The predicted octanol–water partition coefficient (Wildman–Crippen LogP) is 3.99. The van der Waals surface area contributed by atoms with E-state index in [1.165, 1.54) is 17.4 Å². The van der Waals surface area contributed by atoms with Crippen molar-refractivity contribution in [2.24, 2.45) is 0 Å². The molecule has 3 rings (SSSR count). The average molecular weight is 318 g/mol. The van der Waals surface area contributed by atoms with Gasteiger partial charge in [0.2, 0.25) is 0 Å². The number of aromatic nitrogens is 1. The highest BCUT2D eigenvalue weighted by Crippen LogP contribution is 2.31. The summed E-state index contributed by atoms with van der Waals surface area (Å²) in [5.74, 6) is -0.306. The summed E-state index contributed by atoms with van der Waals surface area (Å²) < 4.78 is 13.5. The summed E-state index contributed by atoms with van der Waals surface area (Å²) in [4.78, 5) is 18.9. The average Bonchev–Trinajstić information content (AvgIpc) is 2.97. The van der Waals surface area contributed by atoms with E-state index < -0.39 is 0 Å². The largest absolute Gasteiger partial charge is 0.330 e. The SMILES string of the molecule is CCCc1nc(C(=O)N2CCc3ccc(F)cc3[C@@H]2C)cs1. The molecule has 22 heavy (non-hydrogen) atoms. The lowest BCUT2D eigenvalue weighted by molar-refractivity contribution is 0.0672. The quantitative estimate of drug-likeness (QED) is 0.857. The Balaban J connectivity index is 1.84. The van der Waals surface area contributed by atoms with E-state index >= 15 is 0 Å². The molecule has 0 aliphatic carbocycles. The molecule has 0 N–H and O–H groups in total. The van der Waals surface area contributed by atoms with Gasteiger partial charge in [-0.25, -0.2) is 9.37 Å². The highest BCUT2D eigenvalue weighted by Gasteiger charge is 2.29. The zero-order valence-corrected chi connectivity index (χ0v) is 13.6. The van der Waals surface area contributed by atoms with Gasteiger partial charge < -0.3 is 4.90 Å². The van der Waals surface area contributed by atoms with Crippen molar-refractivity contribution in [3.05, 3.63) is 51.2 Å². The first kappa shape index (κ1) is 15.2. The number of hydrogen-bond acceptors (Lipinski definition) is 3. The molecule has 0 radical (unpaired) electrons. The first-order chi connectivity index (χ1) is 10.6. The molecule has 1 aromatic heterocycles. The molecule has 1 aromatic carbocycles. The fraction of sp³-hybridized carbons (Fsp3) is 0.412. The van der Waals surface area contributed by atoms with E-state index in [1.807, 2.05) is 18.4 Å². The van der Waals surface area contributed by atoms with Crippen LogP contribution in [0.15, 0.2) is 23.6 Å². The van der Waals surface area contributed by atoms with Crippen molar-refractivity contribution in [2.75, 3.05) is 6.54 Å². The molecule has 2 heterocycles.